The van der Waals surface area contributed by atoms with Gasteiger partial charge in [-0.3, -0.25) is 4.99 Å². The fraction of sp³-hybridized carbons (Fsp3) is 0.250. The van der Waals surface area contributed by atoms with E-state index in [-0.39, 0.29) is 6.10 Å². The summed E-state index contributed by atoms with van der Waals surface area (Å²) in [6.07, 6.45) is 6.16. The summed E-state index contributed by atoms with van der Waals surface area (Å²) in [6, 6.07) is 37.3. The van der Waals surface area contributed by atoms with Crippen LogP contribution in [0.2, 0.25) is 0 Å². The molecule has 204 valence electrons. The van der Waals surface area contributed by atoms with Gasteiger partial charge in [-0.25, -0.2) is 0 Å². The van der Waals surface area contributed by atoms with Crippen molar-refractivity contribution in [3.05, 3.63) is 138 Å². The summed E-state index contributed by atoms with van der Waals surface area (Å²) in [4.78, 5) is 7.43. The van der Waals surface area contributed by atoms with Gasteiger partial charge in [-0.15, -0.1) is 0 Å². The molecular weight excluding hydrogens is 492 g/mol. The third-order valence-electron chi connectivity index (χ3n) is 7.39. The Labute approximate surface area is 238 Å². The van der Waals surface area contributed by atoms with Crippen molar-refractivity contribution in [2.45, 2.75) is 51.3 Å². The maximum Gasteiger partial charge on any atom is 0.161 e. The molecule has 0 heterocycles. The summed E-state index contributed by atoms with van der Waals surface area (Å²) in [6.45, 7) is 5.73. The predicted molar refractivity (Wildman–Crippen MR) is 165 cm³/mol. The molecule has 0 radical (unpaired) electrons. The number of amidine groups is 1. The maximum absolute atomic E-state index is 6.42. The predicted octanol–water partition coefficient (Wildman–Crippen LogP) is 8.53. The van der Waals surface area contributed by atoms with Crippen molar-refractivity contribution in [1.82, 2.24) is 4.90 Å². The molecule has 0 atom stereocenters. The number of benzene rings is 4. The van der Waals surface area contributed by atoms with Crippen LogP contribution >= 0.6 is 0 Å². The lowest BCUT2D eigenvalue weighted by Gasteiger charge is -2.30. The van der Waals surface area contributed by atoms with Gasteiger partial charge in [0.1, 0.15) is 5.84 Å². The summed E-state index contributed by atoms with van der Waals surface area (Å²) >= 11 is 0. The third kappa shape index (κ3) is 7.01. The fourth-order valence-corrected chi connectivity index (χ4v) is 5.20. The number of aliphatic imine (C=N–C) groups is 1. The Morgan fingerprint density at radius 3 is 2.02 bits per heavy atom. The first kappa shape index (κ1) is 27.3. The number of hydrogen-bond acceptors (Lipinski definition) is 3. The van der Waals surface area contributed by atoms with E-state index in [0.29, 0.717) is 13.1 Å². The molecule has 0 bridgehead atoms. The summed E-state index contributed by atoms with van der Waals surface area (Å²) < 4.78 is 12.3. The number of rotatable bonds is 10. The number of hydrogen-bond donors (Lipinski definition) is 0. The Morgan fingerprint density at radius 2 is 1.38 bits per heavy atom. The van der Waals surface area contributed by atoms with Crippen molar-refractivity contribution in [2.24, 2.45) is 4.99 Å². The summed E-state index contributed by atoms with van der Waals surface area (Å²) in [7, 11) is 1.71. The lowest BCUT2D eigenvalue weighted by Crippen LogP contribution is -2.30. The van der Waals surface area contributed by atoms with Crippen LogP contribution in [0.15, 0.2) is 121 Å². The van der Waals surface area contributed by atoms with E-state index in [0.717, 1.165) is 52.6 Å². The van der Waals surface area contributed by atoms with Crippen LogP contribution in [-0.4, -0.2) is 23.9 Å². The van der Waals surface area contributed by atoms with Crippen molar-refractivity contribution in [3.8, 4) is 11.5 Å². The van der Waals surface area contributed by atoms with Crippen LogP contribution in [0.3, 0.4) is 0 Å². The van der Waals surface area contributed by atoms with Gasteiger partial charge in [0.25, 0.3) is 0 Å². The molecule has 0 N–H and O–H groups in total. The highest BCUT2D eigenvalue weighted by atomic mass is 16.5. The molecular formula is C36H38N2O2. The topological polar surface area (TPSA) is 34.1 Å². The van der Waals surface area contributed by atoms with Gasteiger partial charge in [-0.1, -0.05) is 104 Å². The van der Waals surface area contributed by atoms with Crippen LogP contribution in [0, 0.1) is 0 Å². The van der Waals surface area contributed by atoms with Crippen molar-refractivity contribution < 1.29 is 9.47 Å². The minimum absolute atomic E-state index is 0.243. The van der Waals surface area contributed by atoms with Gasteiger partial charge in [0.15, 0.2) is 11.5 Å². The second-order valence-corrected chi connectivity index (χ2v) is 10.3. The minimum Gasteiger partial charge on any atom is -0.493 e. The highest BCUT2D eigenvalue weighted by molar-refractivity contribution is 6.03. The molecule has 4 heteroatoms. The first-order valence-corrected chi connectivity index (χ1v) is 14.2. The van der Waals surface area contributed by atoms with E-state index in [2.05, 4.69) is 84.3 Å². The Balaban J connectivity index is 1.56. The third-order valence-corrected chi connectivity index (χ3v) is 7.39. The molecule has 1 fully saturated rings. The SMILES string of the molecule is C=C(c1ccccc1)N(Cc1ccccc1)C(=NCc1ccccc1)c1ccc(OC2CCCCC2)c(OC)c1. The first-order valence-electron chi connectivity index (χ1n) is 14.2. The van der Waals surface area contributed by atoms with E-state index in [1.807, 2.05) is 36.4 Å². The molecule has 0 aliphatic heterocycles. The molecule has 5 rings (SSSR count). The van der Waals surface area contributed by atoms with E-state index >= 15 is 0 Å². The van der Waals surface area contributed by atoms with Crippen LogP contribution in [0.5, 0.6) is 11.5 Å². The van der Waals surface area contributed by atoms with Crippen LogP contribution < -0.4 is 9.47 Å². The Morgan fingerprint density at radius 1 is 0.750 bits per heavy atom. The summed E-state index contributed by atoms with van der Waals surface area (Å²) in [5, 5.41) is 0. The number of methoxy groups -OCH3 is 1. The summed E-state index contributed by atoms with van der Waals surface area (Å²) in [5.74, 6) is 2.35. The zero-order chi connectivity index (χ0) is 27.6. The van der Waals surface area contributed by atoms with Gasteiger partial charge in [-0.2, -0.15) is 0 Å². The summed E-state index contributed by atoms with van der Waals surface area (Å²) in [5.41, 5.74) is 5.22. The molecule has 4 aromatic rings. The molecule has 0 unspecified atom stereocenters. The van der Waals surface area contributed by atoms with E-state index in [1.165, 1.54) is 24.8 Å². The standard InChI is InChI=1S/C36H38N2O2/c1-28(31-19-11-5-12-20-31)38(27-30-17-9-4-10-18-30)36(37-26-29-15-7-3-8-16-29)32-23-24-34(35(25-32)39-2)40-33-21-13-6-14-22-33/h3-5,7-12,15-20,23-25,33H,1,6,13-14,21-22,26-27H2,2H3. The lowest BCUT2D eigenvalue weighted by molar-refractivity contribution is 0.149. The van der Waals surface area contributed by atoms with E-state index in [1.54, 1.807) is 7.11 Å². The van der Waals surface area contributed by atoms with Crippen molar-refractivity contribution in [3.63, 3.8) is 0 Å². The Hall–Kier alpha value is -4.31. The number of ether oxygens (including phenoxy) is 2. The Kier molecular flexibility index (Phi) is 9.31. The molecule has 0 saturated heterocycles. The molecule has 0 amide bonds. The van der Waals surface area contributed by atoms with Crippen LogP contribution in [-0.2, 0) is 13.1 Å². The van der Waals surface area contributed by atoms with Crippen LogP contribution in [0.25, 0.3) is 5.70 Å². The first-order chi connectivity index (χ1) is 19.7. The monoisotopic (exact) mass is 530 g/mol. The second-order valence-electron chi connectivity index (χ2n) is 10.3. The van der Waals surface area contributed by atoms with Crippen LogP contribution in [0.4, 0.5) is 0 Å². The van der Waals surface area contributed by atoms with Gasteiger partial charge >= 0.3 is 0 Å². The van der Waals surface area contributed by atoms with E-state index < -0.39 is 0 Å². The minimum atomic E-state index is 0.243. The molecule has 1 saturated carbocycles. The maximum atomic E-state index is 6.42. The number of nitrogens with zero attached hydrogens (tertiary/aromatic N) is 2. The molecule has 4 aromatic carbocycles. The van der Waals surface area contributed by atoms with Gasteiger partial charge in [0.05, 0.1) is 19.8 Å². The van der Waals surface area contributed by atoms with E-state index in [9.17, 15) is 0 Å². The molecule has 1 aliphatic rings. The van der Waals surface area contributed by atoms with Gasteiger partial charge in [-0.05, 0) is 60.6 Å². The molecule has 40 heavy (non-hydrogen) atoms. The van der Waals surface area contributed by atoms with Crippen molar-refractivity contribution in [2.75, 3.05) is 7.11 Å². The van der Waals surface area contributed by atoms with Gasteiger partial charge in [0, 0.05) is 17.8 Å². The highest BCUT2D eigenvalue weighted by Gasteiger charge is 2.22. The second kappa shape index (κ2) is 13.7. The molecule has 4 nitrogen and oxygen atoms in total. The Bertz CT molecular complexity index is 1390. The van der Waals surface area contributed by atoms with E-state index in [4.69, 9.17) is 14.5 Å². The van der Waals surface area contributed by atoms with Gasteiger partial charge in [0.2, 0.25) is 0 Å². The normalized spacial score (nSPS) is 14.0. The molecule has 1 aliphatic carbocycles. The molecule has 0 spiro atoms. The average Bonchev–Trinajstić information content (AvgIpc) is 3.02. The zero-order valence-corrected chi connectivity index (χ0v) is 23.3. The van der Waals surface area contributed by atoms with Crippen molar-refractivity contribution >= 4 is 11.5 Å². The smallest absolute Gasteiger partial charge is 0.161 e. The van der Waals surface area contributed by atoms with Crippen LogP contribution in [0.1, 0.15) is 54.4 Å². The van der Waals surface area contributed by atoms with Crippen molar-refractivity contribution in [1.29, 1.82) is 0 Å². The quantitative estimate of drug-likeness (QED) is 0.152. The lowest BCUT2D eigenvalue weighted by atomic mass is 9.98. The molecule has 0 aromatic heterocycles. The fourth-order valence-electron chi connectivity index (χ4n) is 5.20. The van der Waals surface area contributed by atoms with Gasteiger partial charge < -0.3 is 14.4 Å². The largest absolute Gasteiger partial charge is 0.493 e. The highest BCUT2D eigenvalue weighted by Crippen LogP contribution is 2.33. The average molecular weight is 531 g/mol. The zero-order valence-electron chi connectivity index (χ0n) is 23.3.